The molecule has 0 radical (unpaired) electrons. The second-order valence-corrected chi connectivity index (χ2v) is 7.93. The van der Waals surface area contributed by atoms with Crippen molar-refractivity contribution in [2.24, 2.45) is 0 Å². The summed E-state index contributed by atoms with van der Waals surface area (Å²) < 4.78 is 5.67. The van der Waals surface area contributed by atoms with Gasteiger partial charge < -0.3 is 15.4 Å². The molecule has 0 aromatic carbocycles. The van der Waals surface area contributed by atoms with Crippen LogP contribution < -0.4 is 10.6 Å². The Balaban J connectivity index is 1.80. The average Bonchev–Trinajstić information content (AvgIpc) is 2.90. The van der Waals surface area contributed by atoms with Gasteiger partial charge >= 0.3 is 6.03 Å². The third-order valence-electron chi connectivity index (χ3n) is 3.91. The molecule has 1 unspecified atom stereocenters. The van der Waals surface area contributed by atoms with Crippen molar-refractivity contribution in [3.63, 3.8) is 0 Å². The maximum atomic E-state index is 12.1. The zero-order valence-electron chi connectivity index (χ0n) is 13.4. The summed E-state index contributed by atoms with van der Waals surface area (Å²) in [6.45, 7) is 9.77. The number of thiophene rings is 1. The molecule has 0 spiro atoms. The van der Waals surface area contributed by atoms with Crippen LogP contribution in [-0.2, 0) is 10.2 Å². The molecule has 2 heterocycles. The summed E-state index contributed by atoms with van der Waals surface area (Å²) in [6.07, 6.45) is 1.74. The van der Waals surface area contributed by atoms with E-state index in [-0.39, 0.29) is 23.1 Å². The number of amides is 2. The molecule has 21 heavy (non-hydrogen) atoms. The van der Waals surface area contributed by atoms with Crippen molar-refractivity contribution in [2.75, 3.05) is 13.2 Å². The number of ether oxygens (including phenoxy) is 1. The predicted octanol–water partition coefficient (Wildman–Crippen LogP) is 3.28. The Morgan fingerprint density at radius 2 is 2.29 bits per heavy atom. The molecule has 1 atom stereocenters. The van der Waals surface area contributed by atoms with Gasteiger partial charge in [-0.15, -0.1) is 11.3 Å². The van der Waals surface area contributed by atoms with Crippen molar-refractivity contribution in [3.05, 3.63) is 22.4 Å². The van der Waals surface area contributed by atoms with Crippen LogP contribution in [0.15, 0.2) is 17.5 Å². The van der Waals surface area contributed by atoms with Gasteiger partial charge in [0.15, 0.2) is 0 Å². The molecule has 4 nitrogen and oxygen atoms in total. The highest BCUT2D eigenvalue weighted by molar-refractivity contribution is 7.10. The molecule has 1 saturated heterocycles. The molecule has 1 fully saturated rings. The molecule has 1 aromatic heterocycles. The van der Waals surface area contributed by atoms with E-state index < -0.39 is 0 Å². The number of carbonyl (C=O) groups is 1. The standard InChI is InChI=1S/C16H26N2O2S/c1-15(2,13-6-5-9-21-13)11-17-14(19)18-12-7-8-20-16(3,4)10-12/h5-6,9,12H,7-8,10-11H2,1-4H3,(H2,17,18,19). The van der Waals surface area contributed by atoms with E-state index in [0.717, 1.165) is 12.8 Å². The van der Waals surface area contributed by atoms with Crippen molar-refractivity contribution in [3.8, 4) is 0 Å². The van der Waals surface area contributed by atoms with Crippen LogP contribution in [0.25, 0.3) is 0 Å². The second-order valence-electron chi connectivity index (χ2n) is 6.99. The lowest BCUT2D eigenvalue weighted by Gasteiger charge is -2.36. The van der Waals surface area contributed by atoms with Gasteiger partial charge in [-0.1, -0.05) is 19.9 Å². The van der Waals surface area contributed by atoms with Crippen LogP contribution in [-0.4, -0.2) is 30.8 Å². The molecule has 0 aliphatic carbocycles. The Hall–Kier alpha value is -1.07. The summed E-state index contributed by atoms with van der Waals surface area (Å²) in [5.41, 5.74) is -0.188. The van der Waals surface area contributed by atoms with E-state index in [4.69, 9.17) is 4.74 Å². The van der Waals surface area contributed by atoms with Crippen molar-refractivity contribution < 1.29 is 9.53 Å². The molecule has 2 N–H and O–H groups in total. The minimum Gasteiger partial charge on any atom is -0.375 e. The van der Waals surface area contributed by atoms with Crippen LogP contribution >= 0.6 is 11.3 Å². The van der Waals surface area contributed by atoms with Crippen LogP contribution in [0.4, 0.5) is 4.79 Å². The van der Waals surface area contributed by atoms with Gasteiger partial charge in [-0.25, -0.2) is 4.79 Å². The number of hydrogen-bond acceptors (Lipinski definition) is 3. The first-order valence-corrected chi connectivity index (χ1v) is 8.39. The first-order chi connectivity index (χ1) is 9.78. The van der Waals surface area contributed by atoms with E-state index in [0.29, 0.717) is 13.2 Å². The maximum Gasteiger partial charge on any atom is 0.315 e. The van der Waals surface area contributed by atoms with E-state index in [2.05, 4.69) is 49.8 Å². The number of rotatable bonds is 4. The first-order valence-electron chi connectivity index (χ1n) is 7.51. The first kappa shape index (κ1) is 16.3. The van der Waals surface area contributed by atoms with Gasteiger partial charge in [0.2, 0.25) is 0 Å². The van der Waals surface area contributed by atoms with Gasteiger partial charge in [0, 0.05) is 29.5 Å². The summed E-state index contributed by atoms with van der Waals surface area (Å²) in [4.78, 5) is 13.4. The van der Waals surface area contributed by atoms with Crippen molar-refractivity contribution in [2.45, 2.75) is 57.6 Å². The van der Waals surface area contributed by atoms with Gasteiger partial charge in [0.05, 0.1) is 5.60 Å². The lowest BCUT2D eigenvalue weighted by Crippen LogP contribution is -2.50. The highest BCUT2D eigenvalue weighted by Crippen LogP contribution is 2.27. The molecular formula is C16H26N2O2S. The quantitative estimate of drug-likeness (QED) is 0.896. The van der Waals surface area contributed by atoms with Crippen molar-refractivity contribution in [1.82, 2.24) is 10.6 Å². The van der Waals surface area contributed by atoms with Gasteiger partial charge in [0.1, 0.15) is 0 Å². The molecule has 1 aliphatic heterocycles. The van der Waals surface area contributed by atoms with E-state index in [9.17, 15) is 4.79 Å². The number of hydrogen-bond donors (Lipinski definition) is 2. The topological polar surface area (TPSA) is 50.4 Å². The van der Waals surface area contributed by atoms with Crippen LogP contribution in [0.5, 0.6) is 0 Å². The summed E-state index contributed by atoms with van der Waals surface area (Å²) in [5.74, 6) is 0. The number of carbonyl (C=O) groups excluding carboxylic acids is 1. The van der Waals surface area contributed by atoms with Crippen LogP contribution in [0.1, 0.15) is 45.4 Å². The van der Waals surface area contributed by atoms with Crippen molar-refractivity contribution in [1.29, 1.82) is 0 Å². The van der Waals surface area contributed by atoms with Gasteiger partial charge in [-0.2, -0.15) is 0 Å². The highest BCUT2D eigenvalue weighted by Gasteiger charge is 2.30. The Morgan fingerprint density at radius 3 is 2.90 bits per heavy atom. The van der Waals surface area contributed by atoms with Gasteiger partial charge in [0.25, 0.3) is 0 Å². The lowest BCUT2D eigenvalue weighted by atomic mass is 9.91. The molecule has 5 heteroatoms. The number of nitrogens with one attached hydrogen (secondary N) is 2. The molecule has 1 aromatic rings. The largest absolute Gasteiger partial charge is 0.375 e. The Morgan fingerprint density at radius 1 is 1.52 bits per heavy atom. The normalized spacial score (nSPS) is 21.8. The lowest BCUT2D eigenvalue weighted by molar-refractivity contribution is -0.0611. The van der Waals surface area contributed by atoms with E-state index in [1.54, 1.807) is 11.3 Å². The molecule has 1 aliphatic rings. The second kappa shape index (κ2) is 6.36. The zero-order chi connectivity index (χ0) is 15.5. The average molecular weight is 310 g/mol. The van der Waals surface area contributed by atoms with Crippen molar-refractivity contribution >= 4 is 17.4 Å². The molecule has 0 bridgehead atoms. The highest BCUT2D eigenvalue weighted by atomic mass is 32.1. The monoisotopic (exact) mass is 310 g/mol. The van der Waals surface area contributed by atoms with Gasteiger partial charge in [-0.05, 0) is 38.1 Å². The smallest absolute Gasteiger partial charge is 0.315 e. The minimum absolute atomic E-state index is 0.0412. The predicted molar refractivity (Wildman–Crippen MR) is 86.9 cm³/mol. The molecule has 2 amide bonds. The third kappa shape index (κ3) is 4.71. The number of urea groups is 1. The summed E-state index contributed by atoms with van der Waals surface area (Å²) in [5, 5.41) is 8.14. The Kier molecular flexibility index (Phi) is 4.94. The SMILES string of the molecule is CC1(C)CC(NC(=O)NCC(C)(C)c2cccs2)CCO1. The third-order valence-corrected chi connectivity index (χ3v) is 5.15. The maximum absolute atomic E-state index is 12.1. The van der Waals surface area contributed by atoms with Gasteiger partial charge in [-0.3, -0.25) is 0 Å². The van der Waals surface area contributed by atoms with Crippen LogP contribution in [0, 0.1) is 0 Å². The fraction of sp³-hybridized carbons (Fsp3) is 0.688. The Bertz CT molecular complexity index is 469. The summed E-state index contributed by atoms with van der Waals surface area (Å²) >= 11 is 1.73. The zero-order valence-corrected chi connectivity index (χ0v) is 14.2. The molecule has 118 valence electrons. The minimum atomic E-state index is -0.146. The molecule has 0 saturated carbocycles. The summed E-state index contributed by atoms with van der Waals surface area (Å²) in [6, 6.07) is 4.28. The van der Waals surface area contributed by atoms with E-state index in [1.807, 2.05) is 6.07 Å². The van der Waals surface area contributed by atoms with E-state index >= 15 is 0 Å². The van der Waals surface area contributed by atoms with Crippen LogP contribution in [0.3, 0.4) is 0 Å². The van der Waals surface area contributed by atoms with E-state index in [1.165, 1.54) is 4.88 Å². The fourth-order valence-corrected chi connectivity index (χ4v) is 3.50. The molecule has 2 rings (SSSR count). The molecular weight excluding hydrogens is 284 g/mol. The fourth-order valence-electron chi connectivity index (χ4n) is 2.64. The Labute approximate surface area is 131 Å². The van der Waals surface area contributed by atoms with Crippen LogP contribution in [0.2, 0.25) is 0 Å². The summed E-state index contributed by atoms with van der Waals surface area (Å²) in [7, 11) is 0.